The molecule has 1 N–H and O–H groups in total. The summed E-state index contributed by atoms with van der Waals surface area (Å²) in [5.74, 6) is 0.148. The van der Waals surface area contributed by atoms with Crippen molar-refractivity contribution >= 4 is 27.8 Å². The van der Waals surface area contributed by atoms with Crippen LogP contribution in [-0.4, -0.2) is 25.6 Å². The maximum absolute atomic E-state index is 11.7. The number of fused-ring (bicyclic) bond motifs is 2. The molecular formula is C34H29N3O2. The van der Waals surface area contributed by atoms with Gasteiger partial charge in [-0.2, -0.15) is 0 Å². The largest absolute Gasteiger partial charge is 0.478 e. The third-order valence-electron chi connectivity index (χ3n) is 7.31. The number of hydrogen-bond donors (Lipinski definition) is 1. The van der Waals surface area contributed by atoms with Crippen LogP contribution in [0.15, 0.2) is 97.2 Å². The molecule has 0 radical (unpaired) electrons. The van der Waals surface area contributed by atoms with Crippen molar-refractivity contribution in [3.05, 3.63) is 120 Å². The first-order chi connectivity index (χ1) is 19.0. The predicted octanol–water partition coefficient (Wildman–Crippen LogP) is 7.93. The molecule has 0 unspecified atom stereocenters. The normalized spacial score (nSPS) is 11.3. The molecule has 5 heteroatoms. The molecule has 0 amide bonds. The molecule has 5 nitrogen and oxygen atoms in total. The number of aromatic carboxylic acids is 1. The number of carboxylic acids is 1. The average Bonchev–Trinajstić information content (AvgIpc) is 3.30. The van der Waals surface area contributed by atoms with Crippen LogP contribution in [0, 0.1) is 6.92 Å². The van der Waals surface area contributed by atoms with E-state index in [9.17, 15) is 9.90 Å². The number of imidazole rings is 1. The Kier molecular flexibility index (Phi) is 6.41. The number of pyridine rings is 1. The Morgan fingerprint density at radius 2 is 1.67 bits per heavy atom. The molecule has 0 saturated carbocycles. The molecule has 0 aliphatic heterocycles. The number of aromatic nitrogens is 3. The van der Waals surface area contributed by atoms with Crippen LogP contribution in [-0.2, 0) is 13.0 Å². The van der Waals surface area contributed by atoms with E-state index in [1.165, 1.54) is 5.39 Å². The molecule has 6 rings (SSSR count). The van der Waals surface area contributed by atoms with Gasteiger partial charge in [0, 0.05) is 30.1 Å². The lowest BCUT2D eigenvalue weighted by Gasteiger charge is -2.12. The molecule has 0 bridgehead atoms. The lowest BCUT2D eigenvalue weighted by Crippen LogP contribution is -2.05. The number of nitrogens with zero attached hydrogens (tertiary/aromatic N) is 3. The molecule has 2 heterocycles. The van der Waals surface area contributed by atoms with Crippen molar-refractivity contribution in [2.75, 3.05) is 0 Å². The van der Waals surface area contributed by atoms with Crippen molar-refractivity contribution in [3.8, 4) is 22.4 Å². The van der Waals surface area contributed by atoms with E-state index >= 15 is 0 Å². The van der Waals surface area contributed by atoms with Gasteiger partial charge in [0.2, 0.25) is 0 Å². The molecule has 0 spiro atoms. The SMILES string of the molecule is CCCc1nc2c(C)cc(-c3nccc4ccccc34)cc2n1Cc1ccc(-c2ccccc2C(=O)O)cc1. The zero-order valence-electron chi connectivity index (χ0n) is 22.1. The van der Waals surface area contributed by atoms with Crippen molar-refractivity contribution in [2.24, 2.45) is 0 Å². The second kappa shape index (κ2) is 10.2. The predicted molar refractivity (Wildman–Crippen MR) is 157 cm³/mol. The Bertz CT molecular complexity index is 1830. The van der Waals surface area contributed by atoms with Gasteiger partial charge in [0.1, 0.15) is 5.82 Å². The Labute approximate surface area is 227 Å². The molecule has 6 aromatic rings. The molecule has 0 aliphatic rings. The van der Waals surface area contributed by atoms with Crippen LogP contribution >= 0.6 is 0 Å². The van der Waals surface area contributed by atoms with Crippen molar-refractivity contribution in [1.29, 1.82) is 0 Å². The van der Waals surface area contributed by atoms with Gasteiger partial charge in [-0.05, 0) is 65.3 Å². The highest BCUT2D eigenvalue weighted by Gasteiger charge is 2.16. The highest BCUT2D eigenvalue weighted by Crippen LogP contribution is 2.32. The van der Waals surface area contributed by atoms with Crippen molar-refractivity contribution in [1.82, 2.24) is 14.5 Å². The summed E-state index contributed by atoms with van der Waals surface area (Å²) in [6.07, 6.45) is 3.77. The number of carboxylic acid groups (broad SMARTS) is 1. The Morgan fingerprint density at radius 1 is 0.897 bits per heavy atom. The highest BCUT2D eigenvalue weighted by atomic mass is 16.4. The summed E-state index contributed by atoms with van der Waals surface area (Å²) in [6, 6.07) is 30.1. The summed E-state index contributed by atoms with van der Waals surface area (Å²) >= 11 is 0. The highest BCUT2D eigenvalue weighted by molar-refractivity contribution is 5.97. The number of hydrogen-bond acceptors (Lipinski definition) is 3. The maximum atomic E-state index is 11.7. The van der Waals surface area contributed by atoms with E-state index in [-0.39, 0.29) is 0 Å². The van der Waals surface area contributed by atoms with Crippen LogP contribution in [0.5, 0.6) is 0 Å². The van der Waals surface area contributed by atoms with Gasteiger partial charge in [0.25, 0.3) is 0 Å². The zero-order valence-corrected chi connectivity index (χ0v) is 22.1. The molecule has 192 valence electrons. The Hall–Kier alpha value is -4.77. The van der Waals surface area contributed by atoms with Crippen LogP contribution in [0.4, 0.5) is 0 Å². The van der Waals surface area contributed by atoms with Crippen LogP contribution in [0.2, 0.25) is 0 Å². The first-order valence-electron chi connectivity index (χ1n) is 13.3. The van der Waals surface area contributed by atoms with E-state index in [1.807, 2.05) is 36.5 Å². The van der Waals surface area contributed by atoms with Crippen molar-refractivity contribution < 1.29 is 9.90 Å². The molecule has 0 aliphatic carbocycles. The summed E-state index contributed by atoms with van der Waals surface area (Å²) < 4.78 is 2.32. The monoisotopic (exact) mass is 511 g/mol. The van der Waals surface area contributed by atoms with Crippen LogP contribution < -0.4 is 0 Å². The minimum atomic E-state index is -0.921. The maximum Gasteiger partial charge on any atom is 0.336 e. The zero-order chi connectivity index (χ0) is 26.9. The first kappa shape index (κ1) is 24.6. The van der Waals surface area contributed by atoms with E-state index in [4.69, 9.17) is 9.97 Å². The van der Waals surface area contributed by atoms with Crippen molar-refractivity contribution in [3.63, 3.8) is 0 Å². The van der Waals surface area contributed by atoms with E-state index < -0.39 is 5.97 Å². The van der Waals surface area contributed by atoms with E-state index in [1.54, 1.807) is 12.1 Å². The van der Waals surface area contributed by atoms with Gasteiger partial charge in [0.15, 0.2) is 0 Å². The van der Waals surface area contributed by atoms with E-state index in [0.29, 0.717) is 12.1 Å². The second-order valence-corrected chi connectivity index (χ2v) is 9.95. The fourth-order valence-electron chi connectivity index (χ4n) is 5.41. The van der Waals surface area contributed by atoms with E-state index in [2.05, 4.69) is 66.9 Å². The second-order valence-electron chi connectivity index (χ2n) is 9.95. The van der Waals surface area contributed by atoms with Crippen LogP contribution in [0.1, 0.15) is 40.7 Å². The average molecular weight is 512 g/mol. The first-order valence-corrected chi connectivity index (χ1v) is 13.3. The van der Waals surface area contributed by atoms with Crippen LogP contribution in [0.3, 0.4) is 0 Å². The van der Waals surface area contributed by atoms with Gasteiger partial charge in [-0.25, -0.2) is 9.78 Å². The van der Waals surface area contributed by atoms with Gasteiger partial charge < -0.3 is 9.67 Å². The molecule has 2 aromatic heterocycles. The molecular weight excluding hydrogens is 482 g/mol. The minimum absolute atomic E-state index is 0.307. The topological polar surface area (TPSA) is 68.0 Å². The van der Waals surface area contributed by atoms with Gasteiger partial charge in [-0.1, -0.05) is 73.7 Å². The fraction of sp³-hybridized carbons (Fsp3) is 0.147. The van der Waals surface area contributed by atoms with Crippen molar-refractivity contribution in [2.45, 2.75) is 33.2 Å². The van der Waals surface area contributed by atoms with Crippen LogP contribution in [0.25, 0.3) is 44.2 Å². The standard InChI is InChI=1S/C34H29N3O2/c1-3-8-31-36-32-22(2)19-26(33-28-11-5-4-9-24(28)17-18-35-33)20-30(32)37(31)21-23-13-15-25(16-14-23)27-10-6-7-12-29(27)34(38)39/h4-7,9-20H,3,8,21H2,1-2H3,(H,38,39). The van der Waals surface area contributed by atoms with Gasteiger partial charge in [-0.15, -0.1) is 0 Å². The number of carbonyl (C=O) groups is 1. The molecule has 0 atom stereocenters. The van der Waals surface area contributed by atoms with Gasteiger partial charge in [-0.3, -0.25) is 4.98 Å². The molecule has 0 fully saturated rings. The van der Waals surface area contributed by atoms with E-state index in [0.717, 1.165) is 68.6 Å². The number of rotatable bonds is 7. The third kappa shape index (κ3) is 4.57. The fourth-order valence-corrected chi connectivity index (χ4v) is 5.41. The smallest absolute Gasteiger partial charge is 0.336 e. The molecule has 39 heavy (non-hydrogen) atoms. The Morgan fingerprint density at radius 3 is 2.46 bits per heavy atom. The summed E-state index contributed by atoms with van der Waals surface area (Å²) in [5.41, 5.74) is 8.37. The summed E-state index contributed by atoms with van der Waals surface area (Å²) in [6.45, 7) is 4.98. The Balaban J connectivity index is 1.43. The summed E-state index contributed by atoms with van der Waals surface area (Å²) in [4.78, 5) is 21.5. The third-order valence-corrected chi connectivity index (χ3v) is 7.31. The lowest BCUT2D eigenvalue weighted by atomic mass is 9.98. The van der Waals surface area contributed by atoms with Gasteiger partial charge in [0.05, 0.1) is 22.3 Å². The minimum Gasteiger partial charge on any atom is -0.478 e. The molecule has 0 saturated heterocycles. The number of aryl methyl sites for hydroxylation is 2. The lowest BCUT2D eigenvalue weighted by molar-refractivity contribution is 0.0697. The number of benzene rings is 4. The summed E-state index contributed by atoms with van der Waals surface area (Å²) in [7, 11) is 0. The quantitative estimate of drug-likeness (QED) is 0.236. The summed E-state index contributed by atoms with van der Waals surface area (Å²) in [5, 5.41) is 11.9. The molecule has 4 aromatic carbocycles. The van der Waals surface area contributed by atoms with Gasteiger partial charge >= 0.3 is 5.97 Å².